The van der Waals surface area contributed by atoms with Crippen LogP contribution in [0.4, 0.5) is 0 Å². The van der Waals surface area contributed by atoms with Crippen LogP contribution in [0, 0.1) is 0 Å². The summed E-state index contributed by atoms with van der Waals surface area (Å²) in [7, 11) is 0. The Morgan fingerprint density at radius 1 is 1.35 bits per heavy atom. The van der Waals surface area contributed by atoms with Crippen LogP contribution in [0.25, 0.3) is 11.5 Å². The van der Waals surface area contributed by atoms with Crippen LogP contribution in [0.2, 0.25) is 0 Å². The number of hydrogen-bond donors (Lipinski definition) is 1. The second-order valence-electron chi connectivity index (χ2n) is 4.77. The average molecular weight is 290 g/mol. The van der Waals surface area contributed by atoms with Gasteiger partial charge < -0.3 is 9.84 Å². The Labute approximate surface area is 122 Å². The Hall–Kier alpha value is -1.37. The van der Waals surface area contributed by atoms with Crippen molar-refractivity contribution in [3.05, 3.63) is 30.1 Å². The fourth-order valence-electron chi connectivity index (χ4n) is 2.26. The normalized spacial score (nSPS) is 16.4. The van der Waals surface area contributed by atoms with Gasteiger partial charge in [-0.05, 0) is 24.5 Å². The molecule has 3 rings (SSSR count). The van der Waals surface area contributed by atoms with E-state index in [-0.39, 0.29) is 0 Å². The number of hydrogen-bond acceptors (Lipinski definition) is 6. The maximum atomic E-state index is 5.38. The summed E-state index contributed by atoms with van der Waals surface area (Å²) in [6.07, 6.45) is 2.06. The molecule has 1 aromatic heterocycles. The molecule has 0 aliphatic carbocycles. The first-order valence-corrected chi connectivity index (χ1v) is 7.98. The molecule has 1 aliphatic rings. The molecule has 1 N–H and O–H groups in total. The maximum Gasteiger partial charge on any atom is 0.258 e. The van der Waals surface area contributed by atoms with Crippen molar-refractivity contribution >= 4 is 11.8 Å². The molecular weight excluding hydrogens is 272 g/mol. The fraction of sp³-hybridized carbons (Fsp3) is 0.429. The lowest BCUT2D eigenvalue weighted by molar-refractivity contribution is 0.225. The van der Waals surface area contributed by atoms with Gasteiger partial charge in [-0.15, -0.1) is 11.8 Å². The van der Waals surface area contributed by atoms with E-state index in [1.807, 2.05) is 12.1 Å². The van der Waals surface area contributed by atoms with E-state index in [1.54, 1.807) is 11.8 Å². The Balaban J connectivity index is 1.72. The quantitative estimate of drug-likeness (QED) is 0.868. The van der Waals surface area contributed by atoms with E-state index in [1.165, 1.54) is 4.90 Å². The van der Waals surface area contributed by atoms with E-state index in [2.05, 4.69) is 38.7 Å². The van der Waals surface area contributed by atoms with Gasteiger partial charge in [-0.3, -0.25) is 4.90 Å². The first-order valence-electron chi connectivity index (χ1n) is 6.75. The SMILES string of the molecule is CSc1cccc(-c2nc(CN3CCNCC3)no2)c1. The molecule has 6 heteroatoms. The molecule has 0 radical (unpaired) electrons. The van der Waals surface area contributed by atoms with Gasteiger partial charge in [0.15, 0.2) is 5.82 Å². The fourth-order valence-corrected chi connectivity index (χ4v) is 2.72. The van der Waals surface area contributed by atoms with E-state index in [0.29, 0.717) is 5.89 Å². The molecule has 0 bridgehead atoms. The van der Waals surface area contributed by atoms with E-state index in [4.69, 9.17) is 4.52 Å². The average Bonchev–Trinajstić information content (AvgIpc) is 2.97. The highest BCUT2D eigenvalue weighted by Crippen LogP contribution is 2.23. The molecule has 0 saturated carbocycles. The van der Waals surface area contributed by atoms with Gasteiger partial charge in [0.05, 0.1) is 6.54 Å². The van der Waals surface area contributed by atoms with Gasteiger partial charge in [-0.25, -0.2) is 0 Å². The molecule has 0 atom stereocenters. The van der Waals surface area contributed by atoms with Crippen molar-refractivity contribution in [3.63, 3.8) is 0 Å². The second-order valence-corrected chi connectivity index (χ2v) is 5.65. The summed E-state index contributed by atoms with van der Waals surface area (Å²) in [5.74, 6) is 1.36. The van der Waals surface area contributed by atoms with Gasteiger partial charge in [-0.1, -0.05) is 11.2 Å². The molecule has 0 amide bonds. The van der Waals surface area contributed by atoms with Crippen LogP contribution < -0.4 is 5.32 Å². The number of nitrogens with zero attached hydrogens (tertiary/aromatic N) is 3. The summed E-state index contributed by atoms with van der Waals surface area (Å²) in [4.78, 5) is 8.04. The molecule has 2 heterocycles. The lowest BCUT2D eigenvalue weighted by Gasteiger charge is -2.25. The Bertz CT molecular complexity index is 566. The number of piperazine rings is 1. The van der Waals surface area contributed by atoms with Crippen molar-refractivity contribution in [3.8, 4) is 11.5 Å². The Morgan fingerprint density at radius 3 is 3.00 bits per heavy atom. The largest absolute Gasteiger partial charge is 0.334 e. The zero-order chi connectivity index (χ0) is 13.8. The monoisotopic (exact) mass is 290 g/mol. The van der Waals surface area contributed by atoms with Crippen LogP contribution in [-0.2, 0) is 6.54 Å². The number of rotatable bonds is 4. The minimum atomic E-state index is 0.603. The Morgan fingerprint density at radius 2 is 2.20 bits per heavy atom. The van der Waals surface area contributed by atoms with Crippen molar-refractivity contribution in [2.24, 2.45) is 0 Å². The molecule has 0 unspecified atom stereocenters. The zero-order valence-corrected chi connectivity index (χ0v) is 12.3. The van der Waals surface area contributed by atoms with Crippen LogP contribution in [0.15, 0.2) is 33.7 Å². The predicted molar refractivity (Wildman–Crippen MR) is 79.7 cm³/mol. The van der Waals surface area contributed by atoms with E-state index in [9.17, 15) is 0 Å². The van der Waals surface area contributed by atoms with Crippen molar-refractivity contribution in [1.29, 1.82) is 0 Å². The Kier molecular flexibility index (Phi) is 4.34. The highest BCUT2D eigenvalue weighted by molar-refractivity contribution is 7.98. The van der Waals surface area contributed by atoms with Crippen molar-refractivity contribution < 1.29 is 4.52 Å². The zero-order valence-electron chi connectivity index (χ0n) is 11.5. The molecule has 106 valence electrons. The third-order valence-electron chi connectivity index (χ3n) is 3.36. The number of nitrogens with one attached hydrogen (secondary N) is 1. The van der Waals surface area contributed by atoms with Crippen LogP contribution in [-0.4, -0.2) is 47.5 Å². The highest BCUT2D eigenvalue weighted by atomic mass is 32.2. The molecule has 5 nitrogen and oxygen atoms in total. The molecule has 0 spiro atoms. The van der Waals surface area contributed by atoms with Gasteiger partial charge in [0.25, 0.3) is 5.89 Å². The smallest absolute Gasteiger partial charge is 0.258 e. The summed E-state index contributed by atoms with van der Waals surface area (Å²) in [5.41, 5.74) is 0.982. The number of thioether (sulfide) groups is 1. The first-order chi connectivity index (χ1) is 9.85. The lowest BCUT2D eigenvalue weighted by atomic mass is 10.2. The predicted octanol–water partition coefficient (Wildman–Crippen LogP) is 1.86. The number of aromatic nitrogens is 2. The van der Waals surface area contributed by atoms with Gasteiger partial charge in [0.2, 0.25) is 0 Å². The van der Waals surface area contributed by atoms with Crippen molar-refractivity contribution in [2.75, 3.05) is 32.4 Å². The summed E-state index contributed by atoms with van der Waals surface area (Å²) in [6.45, 7) is 4.88. The van der Waals surface area contributed by atoms with Crippen molar-refractivity contribution in [2.45, 2.75) is 11.4 Å². The highest BCUT2D eigenvalue weighted by Gasteiger charge is 2.14. The lowest BCUT2D eigenvalue weighted by Crippen LogP contribution is -2.43. The van der Waals surface area contributed by atoms with Gasteiger partial charge in [0, 0.05) is 36.6 Å². The summed E-state index contributed by atoms with van der Waals surface area (Å²) in [6, 6.07) is 8.17. The van der Waals surface area contributed by atoms with Crippen LogP contribution in [0.1, 0.15) is 5.82 Å². The van der Waals surface area contributed by atoms with E-state index in [0.717, 1.165) is 44.1 Å². The molecule has 1 fully saturated rings. The summed E-state index contributed by atoms with van der Waals surface area (Å²) >= 11 is 1.71. The van der Waals surface area contributed by atoms with Gasteiger partial charge >= 0.3 is 0 Å². The molecule has 1 aromatic carbocycles. The van der Waals surface area contributed by atoms with E-state index >= 15 is 0 Å². The van der Waals surface area contributed by atoms with Gasteiger partial charge in [-0.2, -0.15) is 4.98 Å². The third-order valence-corrected chi connectivity index (χ3v) is 4.08. The van der Waals surface area contributed by atoms with Crippen LogP contribution in [0.5, 0.6) is 0 Å². The standard InChI is InChI=1S/C14H18N4OS/c1-20-12-4-2-3-11(9-12)14-16-13(17-19-14)10-18-7-5-15-6-8-18/h2-4,9,15H,5-8,10H2,1H3. The van der Waals surface area contributed by atoms with Gasteiger partial charge in [0.1, 0.15) is 0 Å². The number of benzene rings is 1. The minimum absolute atomic E-state index is 0.603. The minimum Gasteiger partial charge on any atom is -0.334 e. The molecule has 20 heavy (non-hydrogen) atoms. The van der Waals surface area contributed by atoms with Crippen LogP contribution in [0.3, 0.4) is 0 Å². The van der Waals surface area contributed by atoms with E-state index < -0.39 is 0 Å². The summed E-state index contributed by atoms with van der Waals surface area (Å²) in [5, 5.41) is 7.42. The molecule has 2 aromatic rings. The third kappa shape index (κ3) is 3.20. The molecule has 1 saturated heterocycles. The topological polar surface area (TPSA) is 54.2 Å². The molecule has 1 aliphatic heterocycles. The summed E-state index contributed by atoms with van der Waals surface area (Å²) < 4.78 is 5.38. The molecular formula is C14H18N4OS. The second kappa shape index (κ2) is 6.39. The first kappa shape index (κ1) is 13.6. The van der Waals surface area contributed by atoms with Crippen LogP contribution >= 0.6 is 11.8 Å². The van der Waals surface area contributed by atoms with Crippen molar-refractivity contribution in [1.82, 2.24) is 20.4 Å². The maximum absolute atomic E-state index is 5.38.